The van der Waals surface area contributed by atoms with Gasteiger partial charge in [-0.05, 0) is 18.2 Å². The van der Waals surface area contributed by atoms with Crippen LogP contribution in [0.1, 0.15) is 16.1 Å². The second-order valence-corrected chi connectivity index (χ2v) is 3.64. The first-order valence-electron chi connectivity index (χ1n) is 5.49. The monoisotopic (exact) mass is 243 g/mol. The fourth-order valence-electron chi connectivity index (χ4n) is 1.53. The van der Waals surface area contributed by atoms with Crippen LogP contribution in [0.4, 0.5) is 0 Å². The number of aldehydes is 1. The molecule has 0 unspecified atom stereocenters. The summed E-state index contributed by atoms with van der Waals surface area (Å²) >= 11 is 0. The lowest BCUT2D eigenvalue weighted by molar-refractivity contribution is 0.111. The molecule has 1 aromatic heterocycles. The van der Waals surface area contributed by atoms with Gasteiger partial charge < -0.3 is 9.47 Å². The minimum atomic E-state index is 0.389. The molecule has 0 amide bonds. The lowest BCUT2D eigenvalue weighted by Crippen LogP contribution is -1.99. The van der Waals surface area contributed by atoms with Gasteiger partial charge in [0.15, 0.2) is 6.29 Å². The SMILES string of the molecule is COc1ccccc1COc1ccc(C=O)nc1. The highest BCUT2D eigenvalue weighted by atomic mass is 16.5. The second-order valence-electron chi connectivity index (χ2n) is 3.64. The molecule has 2 aromatic rings. The summed E-state index contributed by atoms with van der Waals surface area (Å²) in [4.78, 5) is 14.4. The van der Waals surface area contributed by atoms with E-state index in [1.54, 1.807) is 19.2 Å². The lowest BCUT2D eigenvalue weighted by atomic mass is 10.2. The van der Waals surface area contributed by atoms with Gasteiger partial charge in [-0.1, -0.05) is 18.2 Å². The molecular formula is C14H13NO3. The highest BCUT2D eigenvalue weighted by molar-refractivity contribution is 5.71. The zero-order valence-corrected chi connectivity index (χ0v) is 10.00. The lowest BCUT2D eigenvalue weighted by Gasteiger charge is -2.09. The third-order valence-corrected chi connectivity index (χ3v) is 2.47. The molecule has 0 bridgehead atoms. The van der Waals surface area contributed by atoms with Crippen LogP contribution in [0.5, 0.6) is 11.5 Å². The number of hydrogen-bond donors (Lipinski definition) is 0. The topological polar surface area (TPSA) is 48.4 Å². The molecule has 0 aliphatic heterocycles. The molecule has 92 valence electrons. The summed E-state index contributed by atoms with van der Waals surface area (Å²) in [5.74, 6) is 1.40. The molecule has 1 heterocycles. The van der Waals surface area contributed by atoms with Crippen LogP contribution in [0.15, 0.2) is 42.6 Å². The van der Waals surface area contributed by atoms with Gasteiger partial charge in [0.25, 0.3) is 0 Å². The quantitative estimate of drug-likeness (QED) is 0.757. The number of pyridine rings is 1. The Labute approximate surface area is 105 Å². The normalized spacial score (nSPS) is 9.83. The Balaban J connectivity index is 2.04. The van der Waals surface area contributed by atoms with Gasteiger partial charge in [0.2, 0.25) is 0 Å². The van der Waals surface area contributed by atoms with Gasteiger partial charge in [-0.3, -0.25) is 4.79 Å². The minimum absolute atomic E-state index is 0.389. The molecule has 0 spiro atoms. The van der Waals surface area contributed by atoms with Crippen molar-refractivity contribution >= 4 is 6.29 Å². The maximum atomic E-state index is 10.5. The highest BCUT2D eigenvalue weighted by Crippen LogP contribution is 2.19. The van der Waals surface area contributed by atoms with Crippen molar-refractivity contribution in [3.05, 3.63) is 53.9 Å². The summed E-state index contributed by atoms with van der Waals surface area (Å²) < 4.78 is 10.8. The molecule has 0 aliphatic rings. The predicted octanol–water partition coefficient (Wildman–Crippen LogP) is 2.48. The van der Waals surface area contributed by atoms with Gasteiger partial charge in [-0.15, -0.1) is 0 Å². The molecule has 0 saturated heterocycles. The van der Waals surface area contributed by atoms with Crippen LogP contribution in [0.3, 0.4) is 0 Å². The van der Waals surface area contributed by atoms with E-state index in [0.717, 1.165) is 11.3 Å². The predicted molar refractivity (Wildman–Crippen MR) is 67.0 cm³/mol. The zero-order valence-electron chi connectivity index (χ0n) is 10.00. The van der Waals surface area contributed by atoms with Crippen molar-refractivity contribution in [1.29, 1.82) is 0 Å². The summed E-state index contributed by atoms with van der Waals surface area (Å²) in [6, 6.07) is 11.0. The first-order chi connectivity index (χ1) is 8.83. The van der Waals surface area contributed by atoms with E-state index in [-0.39, 0.29) is 0 Å². The number of rotatable bonds is 5. The molecule has 0 aliphatic carbocycles. The van der Waals surface area contributed by atoms with Gasteiger partial charge in [0.05, 0.1) is 13.3 Å². The van der Waals surface area contributed by atoms with Gasteiger partial charge in [-0.2, -0.15) is 0 Å². The van der Waals surface area contributed by atoms with Crippen LogP contribution in [0.25, 0.3) is 0 Å². The Hall–Kier alpha value is -2.36. The fraction of sp³-hybridized carbons (Fsp3) is 0.143. The van der Waals surface area contributed by atoms with Crippen molar-refractivity contribution < 1.29 is 14.3 Å². The molecule has 0 saturated carbocycles. The summed E-state index contributed by atoms with van der Waals surface area (Å²) in [5, 5.41) is 0. The number of methoxy groups -OCH3 is 1. The molecular weight excluding hydrogens is 230 g/mol. The van der Waals surface area contributed by atoms with Gasteiger partial charge in [0, 0.05) is 5.56 Å². The number of carbonyl (C=O) groups excluding carboxylic acids is 1. The van der Waals surface area contributed by atoms with Crippen molar-refractivity contribution in [2.24, 2.45) is 0 Å². The molecule has 2 rings (SSSR count). The van der Waals surface area contributed by atoms with E-state index in [1.165, 1.54) is 6.20 Å². The van der Waals surface area contributed by atoms with E-state index in [1.807, 2.05) is 24.3 Å². The molecule has 0 fully saturated rings. The first kappa shape index (κ1) is 12.1. The number of carbonyl (C=O) groups is 1. The Kier molecular flexibility index (Phi) is 3.91. The maximum absolute atomic E-state index is 10.5. The molecule has 4 nitrogen and oxygen atoms in total. The van der Waals surface area contributed by atoms with E-state index >= 15 is 0 Å². The van der Waals surface area contributed by atoms with Crippen molar-refractivity contribution in [2.45, 2.75) is 6.61 Å². The van der Waals surface area contributed by atoms with Crippen LogP contribution in [-0.4, -0.2) is 18.4 Å². The number of para-hydroxylation sites is 1. The van der Waals surface area contributed by atoms with Crippen molar-refractivity contribution in [3.63, 3.8) is 0 Å². The highest BCUT2D eigenvalue weighted by Gasteiger charge is 2.02. The first-order valence-corrected chi connectivity index (χ1v) is 5.49. The molecule has 1 aromatic carbocycles. The van der Waals surface area contributed by atoms with Crippen LogP contribution in [0, 0.1) is 0 Å². The average molecular weight is 243 g/mol. The fourth-order valence-corrected chi connectivity index (χ4v) is 1.53. The second kappa shape index (κ2) is 5.82. The van der Waals surface area contributed by atoms with Crippen molar-refractivity contribution in [2.75, 3.05) is 7.11 Å². The standard InChI is InChI=1S/C14H13NO3/c1-17-14-5-3-2-4-11(14)10-18-13-7-6-12(9-16)15-8-13/h2-9H,10H2,1H3. The van der Waals surface area contributed by atoms with Crippen molar-refractivity contribution in [1.82, 2.24) is 4.98 Å². The number of nitrogens with zero attached hydrogens (tertiary/aromatic N) is 1. The van der Waals surface area contributed by atoms with Gasteiger partial charge >= 0.3 is 0 Å². The Morgan fingerprint density at radius 1 is 1.22 bits per heavy atom. The largest absolute Gasteiger partial charge is 0.496 e. The Bertz CT molecular complexity index is 523. The van der Waals surface area contributed by atoms with Crippen LogP contribution in [-0.2, 0) is 6.61 Å². The maximum Gasteiger partial charge on any atom is 0.168 e. The minimum Gasteiger partial charge on any atom is -0.496 e. The molecule has 18 heavy (non-hydrogen) atoms. The molecule has 4 heteroatoms. The summed E-state index contributed by atoms with van der Waals surface area (Å²) in [6.45, 7) is 0.395. The van der Waals surface area contributed by atoms with Crippen LogP contribution >= 0.6 is 0 Å². The number of hydrogen-bond acceptors (Lipinski definition) is 4. The van der Waals surface area contributed by atoms with E-state index in [9.17, 15) is 4.79 Å². The van der Waals surface area contributed by atoms with E-state index in [0.29, 0.717) is 24.3 Å². The Morgan fingerprint density at radius 3 is 2.72 bits per heavy atom. The van der Waals surface area contributed by atoms with Gasteiger partial charge in [-0.25, -0.2) is 4.98 Å². The molecule has 0 N–H and O–H groups in total. The Morgan fingerprint density at radius 2 is 2.06 bits per heavy atom. The molecule has 0 atom stereocenters. The van der Waals surface area contributed by atoms with Crippen LogP contribution in [0.2, 0.25) is 0 Å². The van der Waals surface area contributed by atoms with Gasteiger partial charge in [0.1, 0.15) is 23.8 Å². The number of aromatic nitrogens is 1. The third kappa shape index (κ3) is 2.85. The van der Waals surface area contributed by atoms with Crippen LogP contribution < -0.4 is 9.47 Å². The number of benzene rings is 1. The smallest absolute Gasteiger partial charge is 0.168 e. The number of ether oxygens (including phenoxy) is 2. The average Bonchev–Trinajstić information content (AvgIpc) is 2.46. The molecule has 0 radical (unpaired) electrons. The zero-order chi connectivity index (χ0) is 12.8. The summed E-state index contributed by atoms with van der Waals surface area (Å²) in [6.07, 6.45) is 2.23. The van der Waals surface area contributed by atoms with E-state index < -0.39 is 0 Å². The summed E-state index contributed by atoms with van der Waals surface area (Å²) in [5.41, 5.74) is 1.35. The summed E-state index contributed by atoms with van der Waals surface area (Å²) in [7, 11) is 1.62. The van der Waals surface area contributed by atoms with E-state index in [4.69, 9.17) is 9.47 Å². The third-order valence-electron chi connectivity index (χ3n) is 2.47. The van der Waals surface area contributed by atoms with E-state index in [2.05, 4.69) is 4.98 Å². The van der Waals surface area contributed by atoms with Crippen molar-refractivity contribution in [3.8, 4) is 11.5 Å².